The van der Waals surface area contributed by atoms with Crippen LogP contribution in [0.15, 0.2) is 34.8 Å². The van der Waals surface area contributed by atoms with Crippen LogP contribution in [-0.4, -0.2) is 0 Å². The van der Waals surface area contributed by atoms with Gasteiger partial charge in [-0.25, -0.2) is 0 Å². The van der Waals surface area contributed by atoms with Gasteiger partial charge in [0.2, 0.25) is 0 Å². The second kappa shape index (κ2) is 4.84. The van der Waals surface area contributed by atoms with Crippen molar-refractivity contribution in [3.8, 4) is 6.07 Å². The number of rotatable bonds is 2. The molecule has 0 N–H and O–H groups in total. The summed E-state index contributed by atoms with van der Waals surface area (Å²) in [6, 6.07) is 9.94. The van der Waals surface area contributed by atoms with Gasteiger partial charge in [-0.15, -0.1) is 0 Å². The van der Waals surface area contributed by atoms with Crippen LogP contribution in [0.1, 0.15) is 18.9 Å². The molecule has 0 heterocycles. The lowest BCUT2D eigenvalue weighted by Crippen LogP contribution is -1.80. The predicted molar refractivity (Wildman–Crippen MR) is 58.0 cm³/mol. The molecule has 1 aromatic carbocycles. The first-order valence-electron chi connectivity index (χ1n) is 4.14. The molecule has 66 valence electrons. The van der Waals surface area contributed by atoms with E-state index < -0.39 is 0 Å². The fourth-order valence-electron chi connectivity index (χ4n) is 1.06. The van der Waals surface area contributed by atoms with Gasteiger partial charge in [0.15, 0.2) is 0 Å². The molecule has 0 radical (unpaired) electrons. The number of nitriles is 1. The fraction of sp³-hybridized carbons (Fsp3) is 0.182. The summed E-state index contributed by atoms with van der Waals surface area (Å²) in [7, 11) is 0. The molecule has 0 unspecified atom stereocenters. The predicted octanol–water partition coefficient (Wildman–Crippen LogP) is 3.77. The Hall–Kier alpha value is -1.07. The maximum atomic E-state index is 8.85. The smallest absolute Gasteiger partial charge is 0.0994 e. The SMILES string of the molecule is CC/C=C(\C#N)c1ccc(Br)cc1. The number of allylic oxidation sites excluding steroid dienone is 2. The van der Waals surface area contributed by atoms with Gasteiger partial charge in [-0.3, -0.25) is 0 Å². The molecular weight excluding hydrogens is 226 g/mol. The van der Waals surface area contributed by atoms with Crippen molar-refractivity contribution in [2.75, 3.05) is 0 Å². The summed E-state index contributed by atoms with van der Waals surface area (Å²) in [5.41, 5.74) is 1.72. The molecule has 0 spiro atoms. The molecule has 2 heteroatoms. The number of halogens is 1. The van der Waals surface area contributed by atoms with Gasteiger partial charge < -0.3 is 0 Å². The Kier molecular flexibility index (Phi) is 3.72. The zero-order chi connectivity index (χ0) is 9.68. The van der Waals surface area contributed by atoms with Gasteiger partial charge in [0, 0.05) is 4.47 Å². The summed E-state index contributed by atoms with van der Waals surface area (Å²) in [5, 5.41) is 8.85. The Bertz CT molecular complexity index is 343. The number of nitrogens with zero attached hydrogens (tertiary/aromatic N) is 1. The Morgan fingerprint density at radius 3 is 2.54 bits per heavy atom. The highest BCUT2D eigenvalue weighted by Crippen LogP contribution is 2.17. The third kappa shape index (κ3) is 2.71. The van der Waals surface area contributed by atoms with Crippen molar-refractivity contribution in [2.24, 2.45) is 0 Å². The van der Waals surface area contributed by atoms with E-state index in [-0.39, 0.29) is 0 Å². The molecule has 0 saturated carbocycles. The second-order valence-electron chi connectivity index (χ2n) is 2.64. The minimum Gasteiger partial charge on any atom is -0.192 e. The first kappa shape index (κ1) is 10.0. The Balaban J connectivity index is 3.01. The summed E-state index contributed by atoms with van der Waals surface area (Å²) in [6.45, 7) is 2.02. The molecule has 0 aliphatic rings. The molecule has 1 rings (SSSR count). The van der Waals surface area contributed by atoms with E-state index in [1.54, 1.807) is 0 Å². The molecule has 0 atom stereocenters. The largest absolute Gasteiger partial charge is 0.192 e. The highest BCUT2D eigenvalue weighted by molar-refractivity contribution is 9.10. The van der Waals surface area contributed by atoms with Crippen molar-refractivity contribution in [1.29, 1.82) is 5.26 Å². The fourth-order valence-corrected chi connectivity index (χ4v) is 1.33. The molecule has 0 fully saturated rings. The van der Waals surface area contributed by atoms with Crippen LogP contribution in [0.25, 0.3) is 5.57 Å². The van der Waals surface area contributed by atoms with E-state index in [0.717, 1.165) is 22.0 Å². The summed E-state index contributed by atoms with van der Waals surface area (Å²) in [6.07, 6.45) is 2.82. The number of hydrogen-bond donors (Lipinski definition) is 0. The molecule has 0 saturated heterocycles. The molecule has 0 bridgehead atoms. The van der Waals surface area contributed by atoms with Crippen LogP contribution < -0.4 is 0 Å². The Morgan fingerprint density at radius 1 is 1.46 bits per heavy atom. The van der Waals surface area contributed by atoms with Gasteiger partial charge in [-0.1, -0.05) is 41.1 Å². The number of hydrogen-bond acceptors (Lipinski definition) is 1. The molecule has 1 nitrogen and oxygen atoms in total. The van der Waals surface area contributed by atoms with Gasteiger partial charge >= 0.3 is 0 Å². The summed E-state index contributed by atoms with van der Waals surface area (Å²) in [5.74, 6) is 0. The maximum absolute atomic E-state index is 8.85. The zero-order valence-corrected chi connectivity index (χ0v) is 9.01. The van der Waals surface area contributed by atoms with Gasteiger partial charge in [0.1, 0.15) is 0 Å². The quantitative estimate of drug-likeness (QED) is 0.717. The Labute approximate surface area is 86.8 Å². The Morgan fingerprint density at radius 2 is 2.08 bits per heavy atom. The minimum absolute atomic E-state index is 0.745. The zero-order valence-electron chi connectivity index (χ0n) is 7.42. The number of benzene rings is 1. The molecule has 0 aromatic heterocycles. The van der Waals surface area contributed by atoms with Gasteiger partial charge in [-0.2, -0.15) is 5.26 Å². The van der Waals surface area contributed by atoms with E-state index in [1.165, 1.54) is 0 Å². The first-order valence-corrected chi connectivity index (χ1v) is 4.93. The lowest BCUT2D eigenvalue weighted by atomic mass is 10.1. The van der Waals surface area contributed by atoms with E-state index >= 15 is 0 Å². The monoisotopic (exact) mass is 235 g/mol. The summed E-state index contributed by atoms with van der Waals surface area (Å²) in [4.78, 5) is 0. The average molecular weight is 236 g/mol. The van der Waals surface area contributed by atoms with E-state index in [2.05, 4.69) is 22.0 Å². The van der Waals surface area contributed by atoms with Crippen molar-refractivity contribution in [1.82, 2.24) is 0 Å². The van der Waals surface area contributed by atoms with Crippen molar-refractivity contribution >= 4 is 21.5 Å². The minimum atomic E-state index is 0.745. The molecule has 0 amide bonds. The first-order chi connectivity index (χ1) is 6.27. The van der Waals surface area contributed by atoms with E-state index in [0.29, 0.717) is 0 Å². The van der Waals surface area contributed by atoms with E-state index in [1.807, 2.05) is 37.3 Å². The van der Waals surface area contributed by atoms with Crippen molar-refractivity contribution in [3.05, 3.63) is 40.4 Å². The molecule has 13 heavy (non-hydrogen) atoms. The molecule has 0 aliphatic carbocycles. The van der Waals surface area contributed by atoms with Crippen LogP contribution >= 0.6 is 15.9 Å². The van der Waals surface area contributed by atoms with Crippen LogP contribution in [-0.2, 0) is 0 Å². The van der Waals surface area contributed by atoms with Gasteiger partial charge in [-0.05, 0) is 24.1 Å². The summed E-state index contributed by atoms with van der Waals surface area (Å²) >= 11 is 3.35. The van der Waals surface area contributed by atoms with Crippen LogP contribution in [0.5, 0.6) is 0 Å². The van der Waals surface area contributed by atoms with Crippen LogP contribution in [0.4, 0.5) is 0 Å². The topological polar surface area (TPSA) is 23.8 Å². The third-order valence-corrected chi connectivity index (χ3v) is 2.21. The van der Waals surface area contributed by atoms with Crippen molar-refractivity contribution < 1.29 is 0 Å². The second-order valence-corrected chi connectivity index (χ2v) is 3.56. The van der Waals surface area contributed by atoms with Gasteiger partial charge in [0.05, 0.1) is 11.6 Å². The van der Waals surface area contributed by atoms with E-state index in [9.17, 15) is 0 Å². The lowest BCUT2D eigenvalue weighted by Gasteiger charge is -1.97. The van der Waals surface area contributed by atoms with Crippen molar-refractivity contribution in [2.45, 2.75) is 13.3 Å². The normalized spacial score (nSPS) is 11.0. The lowest BCUT2D eigenvalue weighted by molar-refractivity contribution is 1.23. The molecular formula is C11H10BrN. The van der Waals surface area contributed by atoms with E-state index in [4.69, 9.17) is 5.26 Å². The van der Waals surface area contributed by atoms with Crippen LogP contribution in [0.3, 0.4) is 0 Å². The standard InChI is InChI=1S/C11H10BrN/c1-2-3-10(8-13)9-4-6-11(12)7-5-9/h3-7H,2H2,1H3/b10-3+. The third-order valence-electron chi connectivity index (χ3n) is 1.68. The summed E-state index contributed by atoms with van der Waals surface area (Å²) < 4.78 is 1.03. The van der Waals surface area contributed by atoms with Crippen molar-refractivity contribution in [3.63, 3.8) is 0 Å². The highest BCUT2D eigenvalue weighted by atomic mass is 79.9. The molecule has 1 aromatic rings. The van der Waals surface area contributed by atoms with Crippen LogP contribution in [0, 0.1) is 11.3 Å². The highest BCUT2D eigenvalue weighted by Gasteiger charge is 1.98. The van der Waals surface area contributed by atoms with Crippen LogP contribution in [0.2, 0.25) is 0 Å². The maximum Gasteiger partial charge on any atom is 0.0994 e. The molecule has 0 aliphatic heterocycles. The van der Waals surface area contributed by atoms with Gasteiger partial charge in [0.25, 0.3) is 0 Å². The average Bonchev–Trinajstić information content (AvgIpc) is 2.16.